The van der Waals surface area contributed by atoms with Gasteiger partial charge in [0.15, 0.2) is 0 Å². The van der Waals surface area contributed by atoms with Crippen molar-refractivity contribution in [1.82, 2.24) is 0 Å². The Bertz CT molecular complexity index is 576. The van der Waals surface area contributed by atoms with Crippen LogP contribution in [-0.2, 0) is 4.74 Å². The summed E-state index contributed by atoms with van der Waals surface area (Å²) in [7, 11) is 1.42. The molecule has 1 aromatic carbocycles. The highest BCUT2D eigenvalue weighted by molar-refractivity contribution is 5.88. The second-order valence-electron chi connectivity index (χ2n) is 5.61. The van der Waals surface area contributed by atoms with Crippen molar-refractivity contribution in [3.05, 3.63) is 27.3 Å². The van der Waals surface area contributed by atoms with Crippen molar-refractivity contribution in [3.63, 3.8) is 0 Å². The van der Waals surface area contributed by atoms with Gasteiger partial charge >= 0.3 is 6.09 Å². The Balaban J connectivity index is 3.22. The van der Waals surface area contributed by atoms with Gasteiger partial charge in [0.25, 0.3) is 5.69 Å². The summed E-state index contributed by atoms with van der Waals surface area (Å²) in [6, 6.07) is 1.54. The van der Waals surface area contributed by atoms with Crippen LogP contribution in [0.5, 0.6) is 5.75 Å². The average Bonchev–Trinajstić information content (AvgIpc) is 2.30. The number of methoxy groups -OCH3 is 1. The number of nitrogens with zero attached hydrogens (tertiary/aromatic N) is 1. The van der Waals surface area contributed by atoms with Gasteiger partial charge in [-0.1, -0.05) is 0 Å². The maximum absolute atomic E-state index is 11.8. The molecule has 0 saturated heterocycles. The Hall–Kier alpha value is -2.31. The summed E-state index contributed by atoms with van der Waals surface area (Å²) in [5.74, 6) is 0.332. The van der Waals surface area contributed by atoms with E-state index < -0.39 is 16.6 Å². The molecule has 21 heavy (non-hydrogen) atoms. The topological polar surface area (TPSA) is 90.7 Å². The number of amides is 1. The molecule has 0 aliphatic carbocycles. The predicted octanol–water partition coefficient (Wildman–Crippen LogP) is 3.57. The molecule has 1 N–H and O–H groups in total. The fraction of sp³-hybridized carbons (Fsp3) is 0.500. The summed E-state index contributed by atoms with van der Waals surface area (Å²) in [4.78, 5) is 22.5. The van der Waals surface area contributed by atoms with Crippen LogP contribution in [0.3, 0.4) is 0 Å². The molecule has 0 radical (unpaired) electrons. The second kappa shape index (κ2) is 5.99. The molecule has 0 aromatic heterocycles. The molecule has 7 heteroatoms. The van der Waals surface area contributed by atoms with E-state index in [4.69, 9.17) is 9.47 Å². The lowest BCUT2D eigenvalue weighted by Crippen LogP contribution is -2.27. The average molecular weight is 296 g/mol. The molecule has 0 spiro atoms. The Morgan fingerprint density at radius 1 is 1.29 bits per heavy atom. The van der Waals surface area contributed by atoms with E-state index in [1.54, 1.807) is 40.7 Å². The molecule has 0 bridgehead atoms. The van der Waals surface area contributed by atoms with Crippen LogP contribution in [0.2, 0.25) is 0 Å². The normalized spacial score (nSPS) is 11.0. The molecule has 116 valence electrons. The van der Waals surface area contributed by atoms with Crippen molar-refractivity contribution in [2.24, 2.45) is 0 Å². The maximum atomic E-state index is 11.8. The number of benzene rings is 1. The van der Waals surface area contributed by atoms with E-state index in [1.807, 2.05) is 0 Å². The van der Waals surface area contributed by atoms with Gasteiger partial charge in [0.05, 0.1) is 28.8 Å². The maximum Gasteiger partial charge on any atom is 0.412 e. The van der Waals surface area contributed by atoms with Gasteiger partial charge in [0.1, 0.15) is 11.4 Å². The minimum atomic E-state index is -0.675. The van der Waals surface area contributed by atoms with Gasteiger partial charge in [-0.25, -0.2) is 4.79 Å². The van der Waals surface area contributed by atoms with E-state index >= 15 is 0 Å². The summed E-state index contributed by atoms with van der Waals surface area (Å²) in [6.45, 7) is 8.37. The van der Waals surface area contributed by atoms with E-state index in [1.165, 1.54) is 7.11 Å². The minimum absolute atomic E-state index is 0.0830. The number of nitro groups is 1. The molecule has 0 saturated carbocycles. The number of nitrogens with one attached hydrogen (secondary N) is 1. The molecule has 0 aliphatic heterocycles. The van der Waals surface area contributed by atoms with Gasteiger partial charge in [-0.05, 0) is 34.6 Å². The van der Waals surface area contributed by atoms with Crippen molar-refractivity contribution in [2.45, 2.75) is 40.2 Å². The number of rotatable bonds is 3. The largest absolute Gasteiger partial charge is 0.496 e. The number of carbonyl (C=O) groups excluding carboxylic acids is 1. The van der Waals surface area contributed by atoms with Gasteiger partial charge in [0, 0.05) is 6.07 Å². The van der Waals surface area contributed by atoms with Crippen molar-refractivity contribution in [2.75, 3.05) is 12.4 Å². The monoisotopic (exact) mass is 296 g/mol. The smallest absolute Gasteiger partial charge is 0.412 e. The third-order valence-electron chi connectivity index (χ3n) is 2.80. The lowest BCUT2D eigenvalue weighted by Gasteiger charge is -2.20. The molecule has 0 atom stereocenters. The summed E-state index contributed by atoms with van der Waals surface area (Å²) in [5, 5.41) is 13.7. The standard InChI is InChI=1S/C14H20N2O5/c1-8-10(15-13(17)21-14(3,4)5)7-11(20-6)9(2)12(8)16(18)19/h7H,1-6H3,(H,15,17). The van der Waals surface area contributed by atoms with Crippen LogP contribution >= 0.6 is 0 Å². The molecular formula is C14H20N2O5. The van der Waals surface area contributed by atoms with Crippen LogP contribution < -0.4 is 10.1 Å². The predicted molar refractivity (Wildman–Crippen MR) is 79.0 cm³/mol. The SMILES string of the molecule is COc1cc(NC(=O)OC(C)(C)C)c(C)c([N+](=O)[O-])c1C. The number of nitro benzene ring substituents is 1. The number of hydrogen-bond acceptors (Lipinski definition) is 5. The molecule has 7 nitrogen and oxygen atoms in total. The Morgan fingerprint density at radius 3 is 2.29 bits per heavy atom. The lowest BCUT2D eigenvalue weighted by atomic mass is 10.1. The zero-order chi connectivity index (χ0) is 16.4. The number of ether oxygens (including phenoxy) is 2. The van der Waals surface area contributed by atoms with Crippen LogP contribution in [0.25, 0.3) is 0 Å². The lowest BCUT2D eigenvalue weighted by molar-refractivity contribution is -0.386. The summed E-state index contributed by atoms with van der Waals surface area (Å²) >= 11 is 0. The molecule has 0 aliphatic rings. The fourth-order valence-corrected chi connectivity index (χ4v) is 1.90. The molecule has 1 aromatic rings. The van der Waals surface area contributed by atoms with Crippen LogP contribution in [0.4, 0.5) is 16.2 Å². The van der Waals surface area contributed by atoms with E-state index in [9.17, 15) is 14.9 Å². The number of hydrogen-bond donors (Lipinski definition) is 1. The van der Waals surface area contributed by atoms with Crippen molar-refractivity contribution in [1.29, 1.82) is 0 Å². The van der Waals surface area contributed by atoms with Crippen molar-refractivity contribution < 1.29 is 19.2 Å². The zero-order valence-corrected chi connectivity index (χ0v) is 13.1. The first-order valence-electron chi connectivity index (χ1n) is 6.39. The van der Waals surface area contributed by atoms with Crippen molar-refractivity contribution >= 4 is 17.5 Å². The number of carbonyl (C=O) groups is 1. The zero-order valence-electron chi connectivity index (χ0n) is 13.1. The van der Waals surface area contributed by atoms with E-state index in [-0.39, 0.29) is 5.69 Å². The van der Waals surface area contributed by atoms with E-state index in [0.717, 1.165) is 0 Å². The second-order valence-corrected chi connectivity index (χ2v) is 5.61. The van der Waals surface area contributed by atoms with Gasteiger partial charge in [-0.2, -0.15) is 0 Å². The first-order chi connectivity index (χ1) is 9.56. The van der Waals surface area contributed by atoms with E-state index in [2.05, 4.69) is 5.32 Å². The quantitative estimate of drug-likeness (QED) is 0.680. The number of anilines is 1. The molecular weight excluding hydrogens is 276 g/mol. The Labute approximate surface area is 123 Å². The Morgan fingerprint density at radius 2 is 1.86 bits per heavy atom. The first-order valence-corrected chi connectivity index (χ1v) is 6.39. The molecule has 0 heterocycles. The fourth-order valence-electron chi connectivity index (χ4n) is 1.90. The van der Waals surface area contributed by atoms with Crippen LogP contribution in [0.1, 0.15) is 31.9 Å². The van der Waals surface area contributed by atoms with Crippen LogP contribution in [0, 0.1) is 24.0 Å². The van der Waals surface area contributed by atoms with Crippen molar-refractivity contribution in [3.8, 4) is 5.75 Å². The van der Waals surface area contributed by atoms with Crippen LogP contribution in [0.15, 0.2) is 6.07 Å². The summed E-state index contributed by atoms with van der Waals surface area (Å²) in [6.07, 6.45) is -0.675. The summed E-state index contributed by atoms with van der Waals surface area (Å²) < 4.78 is 10.3. The molecule has 1 amide bonds. The molecule has 0 fully saturated rings. The minimum Gasteiger partial charge on any atom is -0.496 e. The Kier molecular flexibility index (Phi) is 4.77. The van der Waals surface area contributed by atoms with Gasteiger partial charge < -0.3 is 9.47 Å². The first kappa shape index (κ1) is 16.7. The summed E-state index contributed by atoms with van der Waals surface area (Å²) in [5.41, 5.74) is 0.316. The van der Waals surface area contributed by atoms with Gasteiger partial charge in [0.2, 0.25) is 0 Å². The highest BCUT2D eigenvalue weighted by Gasteiger charge is 2.24. The van der Waals surface area contributed by atoms with Crippen LogP contribution in [-0.4, -0.2) is 23.7 Å². The third kappa shape index (κ3) is 4.08. The van der Waals surface area contributed by atoms with Gasteiger partial charge in [-0.15, -0.1) is 0 Å². The van der Waals surface area contributed by atoms with Gasteiger partial charge in [-0.3, -0.25) is 15.4 Å². The molecule has 1 rings (SSSR count). The van der Waals surface area contributed by atoms with E-state index in [0.29, 0.717) is 22.6 Å². The molecule has 0 unspecified atom stereocenters. The highest BCUT2D eigenvalue weighted by Crippen LogP contribution is 2.36. The highest BCUT2D eigenvalue weighted by atomic mass is 16.6. The third-order valence-corrected chi connectivity index (χ3v) is 2.80.